The summed E-state index contributed by atoms with van der Waals surface area (Å²) >= 11 is 0. The maximum Gasteiger partial charge on any atom is 0.360 e. The van der Waals surface area contributed by atoms with Crippen molar-refractivity contribution in [1.29, 1.82) is 0 Å². The molecule has 0 unspecified atom stereocenters. The number of nitrogens with one attached hydrogen (secondary N) is 2. The first-order chi connectivity index (χ1) is 14.8. The average Bonchev–Trinajstić information content (AvgIpc) is 2.76. The second-order valence-corrected chi connectivity index (χ2v) is 6.59. The number of hydrogen-bond donors (Lipinski definition) is 3. The number of methoxy groups -OCH3 is 1. The molecule has 2 aromatic heterocycles. The highest BCUT2D eigenvalue weighted by molar-refractivity contribution is 6.09. The van der Waals surface area contributed by atoms with E-state index < -0.39 is 35.6 Å². The Labute approximate surface area is 176 Å². The smallest absolute Gasteiger partial charge is 0.360 e. The Morgan fingerprint density at radius 3 is 2.48 bits per heavy atom. The Bertz CT molecular complexity index is 1160. The van der Waals surface area contributed by atoms with E-state index in [0.29, 0.717) is 12.0 Å². The second-order valence-electron chi connectivity index (χ2n) is 6.59. The van der Waals surface area contributed by atoms with E-state index >= 15 is 0 Å². The van der Waals surface area contributed by atoms with Crippen molar-refractivity contribution < 1.29 is 28.6 Å². The lowest BCUT2D eigenvalue weighted by molar-refractivity contribution is -0.126. The van der Waals surface area contributed by atoms with E-state index in [4.69, 9.17) is 0 Å². The van der Waals surface area contributed by atoms with Crippen LogP contribution in [0.1, 0.15) is 28.0 Å². The van der Waals surface area contributed by atoms with Crippen LogP contribution in [-0.4, -0.2) is 47.0 Å². The van der Waals surface area contributed by atoms with Gasteiger partial charge >= 0.3 is 5.97 Å². The van der Waals surface area contributed by atoms with Crippen molar-refractivity contribution in [2.24, 2.45) is 0 Å². The number of ether oxygens (including phenoxy) is 1. The normalized spacial score (nSPS) is 10.5. The first kappa shape index (κ1) is 21.6. The molecule has 0 aliphatic rings. The van der Waals surface area contributed by atoms with Gasteiger partial charge in [0.25, 0.3) is 0 Å². The molecule has 2 heterocycles. The van der Waals surface area contributed by atoms with Gasteiger partial charge in [0.15, 0.2) is 11.4 Å². The van der Waals surface area contributed by atoms with Crippen LogP contribution in [0.25, 0.3) is 10.9 Å². The molecule has 3 rings (SSSR count). The van der Waals surface area contributed by atoms with Gasteiger partial charge in [-0.05, 0) is 35.7 Å². The molecular weight excluding hydrogens is 407 g/mol. The molecule has 0 aliphatic heterocycles. The van der Waals surface area contributed by atoms with Gasteiger partial charge in [-0.25, -0.2) is 14.2 Å². The second kappa shape index (κ2) is 9.16. The van der Waals surface area contributed by atoms with Gasteiger partial charge in [0.1, 0.15) is 23.6 Å². The van der Waals surface area contributed by atoms with Crippen molar-refractivity contribution in [1.82, 2.24) is 15.3 Å². The molecule has 0 saturated heterocycles. The van der Waals surface area contributed by atoms with E-state index in [9.17, 15) is 23.9 Å². The van der Waals surface area contributed by atoms with Crippen LogP contribution in [0.2, 0.25) is 0 Å². The minimum absolute atomic E-state index is 0.0218. The van der Waals surface area contributed by atoms with Crippen LogP contribution in [0, 0.1) is 5.82 Å². The van der Waals surface area contributed by atoms with Crippen molar-refractivity contribution in [2.75, 3.05) is 19.5 Å². The zero-order valence-corrected chi connectivity index (χ0v) is 16.7. The third kappa shape index (κ3) is 4.92. The fraction of sp³-hybridized carbons (Fsp3) is 0.190. The predicted molar refractivity (Wildman–Crippen MR) is 109 cm³/mol. The highest BCUT2D eigenvalue weighted by Crippen LogP contribution is 2.32. The topological polar surface area (TPSA) is 131 Å². The Morgan fingerprint density at radius 1 is 1.13 bits per heavy atom. The highest BCUT2D eigenvalue weighted by atomic mass is 19.1. The number of carbonyl (C=O) groups is 3. The lowest BCUT2D eigenvalue weighted by Gasteiger charge is -2.12. The van der Waals surface area contributed by atoms with E-state index in [0.717, 1.165) is 12.7 Å². The first-order valence-electron chi connectivity index (χ1n) is 9.17. The monoisotopic (exact) mass is 426 g/mol. The summed E-state index contributed by atoms with van der Waals surface area (Å²) < 4.78 is 17.8. The van der Waals surface area contributed by atoms with Crippen LogP contribution < -0.4 is 10.6 Å². The molecule has 3 aromatic rings. The third-order valence-electron chi connectivity index (χ3n) is 4.43. The first-order valence-corrected chi connectivity index (χ1v) is 9.17. The number of anilines is 1. The maximum absolute atomic E-state index is 13.1. The maximum atomic E-state index is 13.1. The summed E-state index contributed by atoms with van der Waals surface area (Å²) in [5.74, 6) is -3.01. The van der Waals surface area contributed by atoms with Gasteiger partial charge in [-0.1, -0.05) is 12.1 Å². The predicted octanol–water partition coefficient (Wildman–Crippen LogP) is 1.93. The fourth-order valence-electron chi connectivity index (χ4n) is 2.89. The number of halogens is 1. The number of hydrogen-bond acceptors (Lipinski definition) is 7. The molecule has 1 aromatic carbocycles. The average molecular weight is 426 g/mol. The molecule has 160 valence electrons. The number of esters is 1. The molecule has 9 nitrogen and oxygen atoms in total. The van der Waals surface area contributed by atoms with Gasteiger partial charge in [0, 0.05) is 18.6 Å². The van der Waals surface area contributed by atoms with Crippen LogP contribution in [-0.2, 0) is 20.7 Å². The summed E-state index contributed by atoms with van der Waals surface area (Å²) in [7, 11) is 2.52. The number of benzene rings is 1. The number of nitrogens with zero attached hydrogens (tertiary/aromatic N) is 2. The number of pyridine rings is 2. The number of rotatable bonds is 6. The molecule has 0 saturated carbocycles. The van der Waals surface area contributed by atoms with Crippen molar-refractivity contribution in [2.45, 2.75) is 12.8 Å². The van der Waals surface area contributed by atoms with Gasteiger partial charge in [-0.15, -0.1) is 0 Å². The van der Waals surface area contributed by atoms with E-state index in [1.807, 2.05) is 0 Å². The molecule has 31 heavy (non-hydrogen) atoms. The van der Waals surface area contributed by atoms with E-state index in [2.05, 4.69) is 25.3 Å². The zero-order valence-electron chi connectivity index (χ0n) is 16.7. The van der Waals surface area contributed by atoms with E-state index in [-0.39, 0.29) is 22.5 Å². The van der Waals surface area contributed by atoms with E-state index in [1.54, 1.807) is 18.2 Å². The van der Waals surface area contributed by atoms with Crippen LogP contribution in [0.15, 0.2) is 36.5 Å². The Hall–Kier alpha value is -4.08. The SMILES string of the molecule is CNC(=O)CC(=O)Nc1nc(C(=O)OC)c(O)c2ncc(Cc3ccc(F)cc3)cc12. The van der Waals surface area contributed by atoms with Crippen LogP contribution >= 0.6 is 0 Å². The van der Waals surface area contributed by atoms with Gasteiger partial charge in [-0.2, -0.15) is 0 Å². The van der Waals surface area contributed by atoms with Crippen molar-refractivity contribution in [3.8, 4) is 5.75 Å². The van der Waals surface area contributed by atoms with E-state index in [1.165, 1.54) is 25.4 Å². The fourth-order valence-corrected chi connectivity index (χ4v) is 2.89. The van der Waals surface area contributed by atoms with Crippen LogP contribution in [0.3, 0.4) is 0 Å². The largest absolute Gasteiger partial charge is 0.504 e. The standard InChI is InChI=1S/C21H19FN4O5/c1-23-15(27)9-16(28)25-20-14-8-12(7-11-3-5-13(22)6-4-11)10-24-17(14)19(29)18(26-20)21(30)31-2/h3-6,8,10,29H,7,9H2,1-2H3,(H,23,27)(H,25,26,28). The number of carbonyl (C=O) groups excluding carboxylic acids is 3. The summed E-state index contributed by atoms with van der Waals surface area (Å²) in [5.41, 5.74) is 1.10. The van der Waals surface area contributed by atoms with Gasteiger partial charge in [0.2, 0.25) is 11.8 Å². The van der Waals surface area contributed by atoms with Crippen molar-refractivity contribution in [3.63, 3.8) is 0 Å². The lowest BCUT2D eigenvalue weighted by Crippen LogP contribution is -2.25. The van der Waals surface area contributed by atoms with Crippen molar-refractivity contribution in [3.05, 3.63) is 59.2 Å². The highest BCUT2D eigenvalue weighted by Gasteiger charge is 2.22. The third-order valence-corrected chi connectivity index (χ3v) is 4.43. The number of aromatic hydroxyl groups is 1. The summed E-state index contributed by atoms with van der Waals surface area (Å²) in [6.45, 7) is 0. The van der Waals surface area contributed by atoms with Crippen LogP contribution in [0.4, 0.5) is 10.2 Å². The summed E-state index contributed by atoms with van der Waals surface area (Å²) in [4.78, 5) is 43.9. The molecule has 10 heteroatoms. The molecule has 0 radical (unpaired) electrons. The molecule has 0 bridgehead atoms. The van der Waals surface area contributed by atoms with Gasteiger partial charge in [-0.3, -0.25) is 14.6 Å². The molecule has 0 spiro atoms. The molecule has 0 fully saturated rings. The Morgan fingerprint density at radius 2 is 1.84 bits per heavy atom. The van der Waals surface area contributed by atoms with Crippen LogP contribution in [0.5, 0.6) is 5.75 Å². The summed E-state index contributed by atoms with van der Waals surface area (Å²) in [5, 5.41) is 15.5. The minimum Gasteiger partial charge on any atom is -0.504 e. The van der Waals surface area contributed by atoms with Crippen molar-refractivity contribution >= 4 is 34.5 Å². The zero-order chi connectivity index (χ0) is 22.5. The van der Waals surface area contributed by atoms with Gasteiger partial charge < -0.3 is 20.5 Å². The minimum atomic E-state index is -0.918. The summed E-state index contributed by atoms with van der Waals surface area (Å²) in [6, 6.07) is 7.56. The molecular formula is C21H19FN4O5. The lowest BCUT2D eigenvalue weighted by atomic mass is 10.0. The molecule has 2 amide bonds. The van der Waals surface area contributed by atoms with Gasteiger partial charge in [0.05, 0.1) is 7.11 Å². The molecule has 3 N–H and O–H groups in total. The number of fused-ring (bicyclic) bond motifs is 1. The summed E-state index contributed by atoms with van der Waals surface area (Å²) in [6.07, 6.45) is 1.42. The quantitative estimate of drug-likeness (QED) is 0.405. The number of aromatic nitrogens is 2. The molecule has 0 aliphatic carbocycles. The number of amides is 2. The Balaban J connectivity index is 2.06. The molecule has 0 atom stereocenters. The Kier molecular flexibility index (Phi) is 6.39.